The van der Waals surface area contributed by atoms with Crippen LogP contribution in [0.3, 0.4) is 0 Å². The lowest BCUT2D eigenvalue weighted by atomic mass is 10.1. The van der Waals surface area contributed by atoms with E-state index in [1.54, 1.807) is 6.21 Å². The van der Waals surface area contributed by atoms with Gasteiger partial charge >= 0.3 is 0 Å². The van der Waals surface area contributed by atoms with E-state index in [1.165, 1.54) is 0 Å². The van der Waals surface area contributed by atoms with Crippen molar-refractivity contribution in [2.24, 2.45) is 5.10 Å². The summed E-state index contributed by atoms with van der Waals surface area (Å²) in [5.74, 6) is -0.191. The molecule has 138 valence electrons. The Morgan fingerprint density at radius 2 is 1.70 bits per heavy atom. The van der Waals surface area contributed by atoms with E-state index in [2.05, 4.69) is 28.0 Å². The molecule has 1 unspecified atom stereocenters. The van der Waals surface area contributed by atoms with Gasteiger partial charge in [-0.2, -0.15) is 5.10 Å². The van der Waals surface area contributed by atoms with Crippen molar-refractivity contribution in [1.29, 1.82) is 0 Å². The predicted molar refractivity (Wildman–Crippen MR) is 114 cm³/mol. The van der Waals surface area contributed by atoms with Crippen LogP contribution in [0.2, 0.25) is 0 Å². The molecule has 0 aliphatic heterocycles. The lowest BCUT2D eigenvalue weighted by Gasteiger charge is -2.15. The molecule has 0 aliphatic rings. The average Bonchev–Trinajstić information content (AvgIpc) is 2.68. The minimum atomic E-state index is -0.413. The van der Waals surface area contributed by atoms with Gasteiger partial charge in [-0.3, -0.25) is 4.79 Å². The zero-order chi connectivity index (χ0) is 19.2. The lowest BCUT2D eigenvalue weighted by Crippen LogP contribution is -2.34. The topological polar surface area (TPSA) is 56.7 Å². The Labute approximate surface area is 159 Å². The van der Waals surface area contributed by atoms with Crippen molar-refractivity contribution in [3.63, 3.8) is 0 Å². The molecule has 0 radical (unpaired) electrons. The highest BCUT2D eigenvalue weighted by Gasteiger charge is 2.12. The summed E-state index contributed by atoms with van der Waals surface area (Å²) in [5.41, 5.74) is 5.57. The molecular formula is C22H24N4O. The maximum absolute atomic E-state index is 12.3. The number of fused-ring (bicyclic) bond motifs is 1. The highest BCUT2D eigenvalue weighted by Crippen LogP contribution is 2.23. The first-order valence-corrected chi connectivity index (χ1v) is 8.89. The van der Waals surface area contributed by atoms with Gasteiger partial charge in [0.2, 0.25) is 0 Å². The summed E-state index contributed by atoms with van der Waals surface area (Å²) in [7, 11) is 3.99. The number of hydrogen-bond acceptors (Lipinski definition) is 4. The number of nitrogens with zero attached hydrogens (tertiary/aromatic N) is 2. The number of hydrazone groups is 1. The van der Waals surface area contributed by atoms with Crippen molar-refractivity contribution >= 4 is 34.3 Å². The van der Waals surface area contributed by atoms with Crippen LogP contribution in [-0.2, 0) is 4.79 Å². The summed E-state index contributed by atoms with van der Waals surface area (Å²) in [6.45, 7) is 1.82. The largest absolute Gasteiger partial charge is 0.378 e. The Morgan fingerprint density at radius 1 is 1.00 bits per heavy atom. The van der Waals surface area contributed by atoms with Gasteiger partial charge in [0, 0.05) is 30.9 Å². The minimum absolute atomic E-state index is 0.191. The smallest absolute Gasteiger partial charge is 0.262 e. The first-order valence-electron chi connectivity index (χ1n) is 8.89. The van der Waals surface area contributed by atoms with Crippen molar-refractivity contribution in [3.8, 4) is 0 Å². The van der Waals surface area contributed by atoms with E-state index in [0.717, 1.165) is 27.7 Å². The van der Waals surface area contributed by atoms with E-state index < -0.39 is 6.04 Å². The molecule has 1 atom stereocenters. The van der Waals surface area contributed by atoms with Gasteiger partial charge in [0.25, 0.3) is 5.91 Å². The second-order valence-corrected chi connectivity index (χ2v) is 6.61. The maximum Gasteiger partial charge on any atom is 0.262 e. The molecule has 3 aromatic rings. The van der Waals surface area contributed by atoms with Gasteiger partial charge < -0.3 is 10.2 Å². The Kier molecular flexibility index (Phi) is 5.71. The average molecular weight is 360 g/mol. The Bertz CT molecular complexity index is 943. The third-order valence-corrected chi connectivity index (χ3v) is 4.35. The molecule has 0 fully saturated rings. The number of amides is 1. The normalized spacial score (nSPS) is 12.1. The number of benzene rings is 3. The molecule has 3 aromatic carbocycles. The zero-order valence-electron chi connectivity index (χ0n) is 15.8. The van der Waals surface area contributed by atoms with Gasteiger partial charge in [0.1, 0.15) is 6.04 Å². The Morgan fingerprint density at radius 3 is 2.44 bits per heavy atom. The van der Waals surface area contributed by atoms with Crippen LogP contribution in [0.15, 0.2) is 71.8 Å². The van der Waals surface area contributed by atoms with Gasteiger partial charge in [-0.1, -0.05) is 48.5 Å². The molecule has 0 aromatic heterocycles. The molecule has 0 heterocycles. The maximum atomic E-state index is 12.3. The van der Waals surface area contributed by atoms with Crippen molar-refractivity contribution < 1.29 is 4.79 Å². The first kappa shape index (κ1) is 18.5. The molecule has 3 rings (SSSR count). The molecule has 0 spiro atoms. The van der Waals surface area contributed by atoms with E-state index in [1.807, 2.05) is 80.5 Å². The standard InChI is InChI=1S/C22H24N4O/c1-16(24-21-10-6-8-18-7-4-5-9-20(18)21)22(27)25-23-15-17-11-13-19(14-12-17)26(2)3/h4-16,24H,1-3H3,(H,25,27)/b23-15+. The molecular weight excluding hydrogens is 336 g/mol. The molecule has 0 bridgehead atoms. The third-order valence-electron chi connectivity index (χ3n) is 4.35. The fourth-order valence-corrected chi connectivity index (χ4v) is 2.78. The van der Waals surface area contributed by atoms with E-state index >= 15 is 0 Å². The SMILES string of the molecule is CC(Nc1cccc2ccccc12)C(=O)N/N=C/c1ccc(N(C)C)cc1. The molecule has 0 saturated carbocycles. The van der Waals surface area contributed by atoms with Crippen LogP contribution in [0, 0.1) is 0 Å². The highest BCUT2D eigenvalue weighted by molar-refractivity contribution is 5.96. The summed E-state index contributed by atoms with van der Waals surface area (Å²) < 4.78 is 0. The van der Waals surface area contributed by atoms with Crippen LogP contribution in [0.1, 0.15) is 12.5 Å². The van der Waals surface area contributed by atoms with E-state index in [0.29, 0.717) is 0 Å². The van der Waals surface area contributed by atoms with E-state index in [-0.39, 0.29) is 5.91 Å². The zero-order valence-corrected chi connectivity index (χ0v) is 15.8. The molecule has 27 heavy (non-hydrogen) atoms. The quantitative estimate of drug-likeness (QED) is 0.518. The minimum Gasteiger partial charge on any atom is -0.378 e. The van der Waals surface area contributed by atoms with Crippen LogP contribution >= 0.6 is 0 Å². The molecule has 1 amide bonds. The monoisotopic (exact) mass is 360 g/mol. The molecule has 0 saturated heterocycles. The second-order valence-electron chi connectivity index (χ2n) is 6.61. The van der Waals surface area contributed by atoms with Crippen LogP contribution in [0.5, 0.6) is 0 Å². The number of anilines is 2. The first-order chi connectivity index (χ1) is 13.0. The fraction of sp³-hybridized carbons (Fsp3) is 0.182. The lowest BCUT2D eigenvalue weighted by molar-refractivity contribution is -0.121. The predicted octanol–water partition coefficient (Wildman–Crippen LogP) is 3.86. The van der Waals surface area contributed by atoms with Crippen molar-refractivity contribution in [2.45, 2.75) is 13.0 Å². The number of carbonyl (C=O) groups excluding carboxylic acids is 1. The Balaban J connectivity index is 1.60. The molecule has 5 nitrogen and oxygen atoms in total. The molecule has 2 N–H and O–H groups in total. The fourth-order valence-electron chi connectivity index (χ4n) is 2.78. The van der Waals surface area contributed by atoms with Gasteiger partial charge in [0.15, 0.2) is 0 Å². The number of rotatable bonds is 6. The number of hydrogen-bond donors (Lipinski definition) is 2. The van der Waals surface area contributed by atoms with Crippen molar-refractivity contribution in [3.05, 3.63) is 72.3 Å². The highest BCUT2D eigenvalue weighted by atomic mass is 16.2. The molecule has 0 aliphatic carbocycles. The van der Waals surface area contributed by atoms with Gasteiger partial charge in [-0.15, -0.1) is 0 Å². The molecule has 5 heteroatoms. The summed E-state index contributed by atoms with van der Waals surface area (Å²) >= 11 is 0. The summed E-state index contributed by atoms with van der Waals surface area (Å²) in [6.07, 6.45) is 1.64. The van der Waals surface area contributed by atoms with E-state index in [4.69, 9.17) is 0 Å². The Hall–Kier alpha value is -3.34. The van der Waals surface area contributed by atoms with Crippen molar-refractivity contribution in [2.75, 3.05) is 24.3 Å². The third kappa shape index (κ3) is 4.64. The second kappa shape index (κ2) is 8.36. The number of carbonyl (C=O) groups is 1. The van der Waals surface area contributed by atoms with Gasteiger partial charge in [0.05, 0.1) is 6.21 Å². The van der Waals surface area contributed by atoms with Crippen LogP contribution < -0.4 is 15.6 Å². The summed E-state index contributed by atoms with van der Waals surface area (Å²) in [4.78, 5) is 14.4. The van der Waals surface area contributed by atoms with Crippen molar-refractivity contribution in [1.82, 2.24) is 5.43 Å². The van der Waals surface area contributed by atoms with Crippen LogP contribution in [0.4, 0.5) is 11.4 Å². The summed E-state index contributed by atoms with van der Waals surface area (Å²) in [6, 6.07) is 21.6. The van der Waals surface area contributed by atoms with E-state index in [9.17, 15) is 4.79 Å². The number of nitrogens with one attached hydrogen (secondary N) is 2. The van der Waals surface area contributed by atoms with Gasteiger partial charge in [-0.05, 0) is 36.1 Å². The van der Waals surface area contributed by atoms with Crippen LogP contribution in [0.25, 0.3) is 10.8 Å². The van der Waals surface area contributed by atoms with Crippen LogP contribution in [-0.4, -0.2) is 32.3 Å². The van der Waals surface area contributed by atoms with Gasteiger partial charge in [-0.25, -0.2) is 5.43 Å². The summed E-state index contributed by atoms with van der Waals surface area (Å²) in [5, 5.41) is 9.55.